The van der Waals surface area contributed by atoms with Crippen molar-refractivity contribution in [1.29, 1.82) is 5.26 Å². The van der Waals surface area contributed by atoms with E-state index in [4.69, 9.17) is 11.0 Å². The van der Waals surface area contributed by atoms with E-state index < -0.39 is 23.7 Å². The highest BCUT2D eigenvalue weighted by molar-refractivity contribution is 5.79. The molecule has 1 rings (SSSR count). The fraction of sp³-hybridized carbons (Fsp3) is 0.769. The van der Waals surface area contributed by atoms with Crippen LogP contribution in [-0.4, -0.2) is 60.6 Å². The molecule has 0 radical (unpaired) electrons. The first kappa shape index (κ1) is 17.3. The minimum atomic E-state index is -1.14. The molecule has 0 bridgehead atoms. The van der Waals surface area contributed by atoms with Gasteiger partial charge in [-0.1, -0.05) is 0 Å². The zero-order valence-electron chi connectivity index (χ0n) is 12.4. The third-order valence-electron chi connectivity index (χ3n) is 3.30. The highest BCUT2D eigenvalue weighted by atomic mass is 19.1. The van der Waals surface area contributed by atoms with E-state index in [2.05, 4.69) is 10.6 Å². The van der Waals surface area contributed by atoms with Crippen molar-refractivity contribution >= 4 is 11.8 Å². The third-order valence-corrected chi connectivity index (χ3v) is 3.30. The van der Waals surface area contributed by atoms with Gasteiger partial charge < -0.3 is 21.3 Å². The molecular formula is C13H22FN5O2. The number of rotatable bonds is 7. The van der Waals surface area contributed by atoms with Crippen molar-refractivity contribution in [2.45, 2.75) is 38.0 Å². The molecule has 1 saturated heterocycles. The number of nitrogens with two attached hydrogens (primary N) is 1. The zero-order chi connectivity index (χ0) is 16.0. The Bertz CT molecular complexity index is 435. The second-order valence-electron chi connectivity index (χ2n) is 5.83. The molecular weight excluding hydrogens is 277 g/mol. The van der Waals surface area contributed by atoms with Gasteiger partial charge in [0, 0.05) is 18.5 Å². The number of nitriles is 1. The van der Waals surface area contributed by atoms with E-state index in [9.17, 15) is 14.0 Å². The van der Waals surface area contributed by atoms with Crippen molar-refractivity contribution in [3.05, 3.63) is 0 Å². The normalized spacial score (nSPS) is 22.1. The van der Waals surface area contributed by atoms with Crippen molar-refractivity contribution in [3.63, 3.8) is 0 Å². The Hall–Kier alpha value is -1.72. The second kappa shape index (κ2) is 7.33. The molecule has 0 spiro atoms. The standard InChI is InChI=1S/C13H22FN5O2/c1-13(2,8-17-5-11(16)20)18-6-12(21)19-7-9(14)3-10(19)4-15/h9-10,17-18H,3,5-8H2,1-2H3,(H2,16,20)/t9-,10-/m0/s1. The smallest absolute Gasteiger partial charge is 0.237 e. The Kier molecular flexibility index (Phi) is 6.05. The number of hydrogen-bond donors (Lipinski definition) is 3. The molecule has 0 saturated carbocycles. The molecule has 0 aromatic rings. The van der Waals surface area contributed by atoms with Gasteiger partial charge >= 0.3 is 0 Å². The number of halogens is 1. The van der Waals surface area contributed by atoms with Gasteiger partial charge in [0.05, 0.1) is 25.7 Å². The van der Waals surface area contributed by atoms with Gasteiger partial charge in [0.15, 0.2) is 0 Å². The highest BCUT2D eigenvalue weighted by Crippen LogP contribution is 2.19. The predicted octanol–water partition coefficient (Wildman–Crippen LogP) is -1.11. The lowest BCUT2D eigenvalue weighted by atomic mass is 10.1. The maximum Gasteiger partial charge on any atom is 0.237 e. The van der Waals surface area contributed by atoms with Crippen LogP contribution in [0.2, 0.25) is 0 Å². The Morgan fingerprint density at radius 2 is 2.14 bits per heavy atom. The van der Waals surface area contributed by atoms with E-state index >= 15 is 0 Å². The number of primary amides is 1. The number of nitrogens with one attached hydrogen (secondary N) is 2. The summed E-state index contributed by atoms with van der Waals surface area (Å²) in [7, 11) is 0. The average Bonchev–Trinajstić information content (AvgIpc) is 2.76. The van der Waals surface area contributed by atoms with Gasteiger partial charge in [-0.2, -0.15) is 5.26 Å². The number of nitrogens with zero attached hydrogens (tertiary/aromatic N) is 2. The highest BCUT2D eigenvalue weighted by Gasteiger charge is 2.35. The summed E-state index contributed by atoms with van der Waals surface area (Å²) in [6, 6.07) is 1.25. The predicted molar refractivity (Wildman–Crippen MR) is 74.8 cm³/mol. The summed E-state index contributed by atoms with van der Waals surface area (Å²) in [6.45, 7) is 4.20. The Morgan fingerprint density at radius 3 is 2.71 bits per heavy atom. The van der Waals surface area contributed by atoms with Crippen molar-refractivity contribution < 1.29 is 14.0 Å². The van der Waals surface area contributed by atoms with E-state index in [-0.39, 0.29) is 32.0 Å². The number of carbonyl (C=O) groups is 2. The summed E-state index contributed by atoms with van der Waals surface area (Å²) in [5.41, 5.74) is 4.58. The van der Waals surface area contributed by atoms with Crippen molar-refractivity contribution in [3.8, 4) is 6.07 Å². The minimum Gasteiger partial charge on any atom is -0.369 e. The SMILES string of the molecule is CC(C)(CNCC(N)=O)NCC(=O)N1C[C@@H](F)C[C@H]1C#N. The van der Waals surface area contributed by atoms with E-state index in [1.807, 2.05) is 19.9 Å². The topological polar surface area (TPSA) is 111 Å². The van der Waals surface area contributed by atoms with Crippen LogP contribution in [0.15, 0.2) is 0 Å². The van der Waals surface area contributed by atoms with Crippen LogP contribution in [0, 0.1) is 11.3 Å². The van der Waals surface area contributed by atoms with Crippen molar-refractivity contribution in [1.82, 2.24) is 15.5 Å². The van der Waals surface area contributed by atoms with E-state index in [0.717, 1.165) is 0 Å². The molecule has 2 atom stereocenters. The molecule has 1 aliphatic rings. The number of carbonyl (C=O) groups excluding carboxylic acids is 2. The first-order valence-corrected chi connectivity index (χ1v) is 6.82. The van der Waals surface area contributed by atoms with Crippen LogP contribution in [0.25, 0.3) is 0 Å². The molecule has 7 nitrogen and oxygen atoms in total. The summed E-state index contributed by atoms with van der Waals surface area (Å²) in [5, 5.41) is 14.8. The molecule has 0 aliphatic carbocycles. The minimum absolute atomic E-state index is 0.0101. The molecule has 1 aliphatic heterocycles. The molecule has 4 N–H and O–H groups in total. The molecule has 1 heterocycles. The van der Waals surface area contributed by atoms with Crippen LogP contribution < -0.4 is 16.4 Å². The lowest BCUT2D eigenvalue weighted by Crippen LogP contribution is -2.52. The van der Waals surface area contributed by atoms with Gasteiger partial charge in [-0.3, -0.25) is 9.59 Å². The molecule has 0 aromatic carbocycles. The number of alkyl halides is 1. The van der Waals surface area contributed by atoms with Crippen LogP contribution in [-0.2, 0) is 9.59 Å². The number of likely N-dealkylation sites (tertiary alicyclic amines) is 1. The quantitative estimate of drug-likeness (QED) is 0.552. The lowest BCUT2D eigenvalue weighted by molar-refractivity contribution is -0.130. The number of amides is 2. The van der Waals surface area contributed by atoms with E-state index in [1.54, 1.807) is 0 Å². The van der Waals surface area contributed by atoms with Crippen LogP contribution >= 0.6 is 0 Å². The molecule has 21 heavy (non-hydrogen) atoms. The monoisotopic (exact) mass is 299 g/mol. The number of hydrogen-bond acceptors (Lipinski definition) is 5. The summed E-state index contributed by atoms with van der Waals surface area (Å²) >= 11 is 0. The van der Waals surface area contributed by atoms with Gasteiger partial charge in [-0.05, 0) is 13.8 Å². The fourth-order valence-corrected chi connectivity index (χ4v) is 2.16. The van der Waals surface area contributed by atoms with Crippen LogP contribution in [0.1, 0.15) is 20.3 Å². The van der Waals surface area contributed by atoms with E-state index in [1.165, 1.54) is 4.90 Å². The van der Waals surface area contributed by atoms with Crippen LogP contribution in [0.3, 0.4) is 0 Å². The van der Waals surface area contributed by atoms with Crippen molar-refractivity contribution in [2.24, 2.45) is 5.73 Å². The van der Waals surface area contributed by atoms with Gasteiger partial charge in [0.25, 0.3) is 0 Å². The summed E-state index contributed by atoms with van der Waals surface area (Å²) in [6.07, 6.45) is -1.06. The molecule has 118 valence electrons. The first-order valence-electron chi connectivity index (χ1n) is 6.82. The van der Waals surface area contributed by atoms with Crippen LogP contribution in [0.5, 0.6) is 0 Å². The molecule has 1 fully saturated rings. The second-order valence-corrected chi connectivity index (χ2v) is 5.83. The van der Waals surface area contributed by atoms with Gasteiger partial charge in [-0.15, -0.1) is 0 Å². The third kappa shape index (κ3) is 5.65. The maximum atomic E-state index is 13.3. The lowest BCUT2D eigenvalue weighted by Gasteiger charge is -2.28. The average molecular weight is 299 g/mol. The van der Waals surface area contributed by atoms with E-state index in [0.29, 0.717) is 6.54 Å². The first-order chi connectivity index (χ1) is 9.75. The van der Waals surface area contributed by atoms with Gasteiger partial charge in [-0.25, -0.2) is 4.39 Å². The fourth-order valence-electron chi connectivity index (χ4n) is 2.16. The Morgan fingerprint density at radius 1 is 1.48 bits per heavy atom. The Balaban J connectivity index is 2.41. The molecule has 2 amide bonds. The van der Waals surface area contributed by atoms with Gasteiger partial charge in [0.2, 0.25) is 11.8 Å². The maximum absolute atomic E-state index is 13.3. The molecule has 0 unspecified atom stereocenters. The summed E-state index contributed by atoms with van der Waals surface area (Å²) < 4.78 is 13.3. The summed E-state index contributed by atoms with van der Waals surface area (Å²) in [5.74, 6) is -0.755. The molecule has 8 heteroatoms. The Labute approximate surface area is 123 Å². The van der Waals surface area contributed by atoms with Crippen LogP contribution in [0.4, 0.5) is 4.39 Å². The zero-order valence-corrected chi connectivity index (χ0v) is 12.4. The van der Waals surface area contributed by atoms with Crippen molar-refractivity contribution in [2.75, 3.05) is 26.2 Å². The largest absolute Gasteiger partial charge is 0.369 e. The van der Waals surface area contributed by atoms with Gasteiger partial charge in [0.1, 0.15) is 12.2 Å². The molecule has 0 aromatic heterocycles. The summed E-state index contributed by atoms with van der Waals surface area (Å²) in [4.78, 5) is 23.9.